The van der Waals surface area contributed by atoms with Crippen molar-refractivity contribution in [3.8, 4) is 11.8 Å². The Morgan fingerprint density at radius 1 is 1.55 bits per heavy atom. The number of hydrogen-bond acceptors (Lipinski definition) is 4. The van der Waals surface area contributed by atoms with Crippen molar-refractivity contribution in [3.05, 3.63) is 21.9 Å². The molecule has 1 saturated heterocycles. The van der Waals surface area contributed by atoms with Crippen LogP contribution in [0.3, 0.4) is 0 Å². The standard InChI is InChI=1S/C17H24N2O2S/c1-17(2,21)8-6-14-4-5-15(22-14)12-19-9-7-13(11-19)10-16(20)18-3/h4-5,13,21H,7,9-12H2,1-3H3,(H,18,20). The minimum atomic E-state index is -0.952. The molecule has 0 aliphatic carbocycles. The number of amides is 1. The number of nitrogens with one attached hydrogen (secondary N) is 1. The average Bonchev–Trinajstić information content (AvgIpc) is 3.06. The van der Waals surface area contributed by atoms with Gasteiger partial charge in [0.2, 0.25) is 5.91 Å². The molecule has 2 heterocycles. The van der Waals surface area contributed by atoms with E-state index >= 15 is 0 Å². The van der Waals surface area contributed by atoms with Crippen molar-refractivity contribution in [1.82, 2.24) is 10.2 Å². The zero-order valence-corrected chi connectivity index (χ0v) is 14.3. The van der Waals surface area contributed by atoms with E-state index in [2.05, 4.69) is 28.1 Å². The summed E-state index contributed by atoms with van der Waals surface area (Å²) in [4.78, 5) is 16.1. The van der Waals surface area contributed by atoms with Crippen LogP contribution in [0.1, 0.15) is 36.4 Å². The van der Waals surface area contributed by atoms with Gasteiger partial charge in [0.25, 0.3) is 0 Å². The van der Waals surface area contributed by atoms with Crippen molar-refractivity contribution in [1.29, 1.82) is 0 Å². The molecule has 1 aliphatic heterocycles. The van der Waals surface area contributed by atoms with Crippen LogP contribution in [0.2, 0.25) is 0 Å². The Hall–Kier alpha value is -1.35. The molecule has 2 N–H and O–H groups in total. The summed E-state index contributed by atoms with van der Waals surface area (Å²) in [5.41, 5.74) is -0.952. The van der Waals surface area contributed by atoms with E-state index in [9.17, 15) is 9.90 Å². The Balaban J connectivity index is 1.86. The zero-order chi connectivity index (χ0) is 16.2. The van der Waals surface area contributed by atoms with Gasteiger partial charge in [-0.1, -0.05) is 11.8 Å². The molecule has 1 fully saturated rings. The molecule has 1 aromatic rings. The van der Waals surface area contributed by atoms with Crippen molar-refractivity contribution in [2.24, 2.45) is 5.92 Å². The van der Waals surface area contributed by atoms with E-state index in [4.69, 9.17) is 0 Å². The van der Waals surface area contributed by atoms with Crippen molar-refractivity contribution >= 4 is 17.2 Å². The van der Waals surface area contributed by atoms with Crippen LogP contribution in [0.5, 0.6) is 0 Å². The van der Waals surface area contributed by atoms with Crippen molar-refractivity contribution in [3.63, 3.8) is 0 Å². The van der Waals surface area contributed by atoms with Crippen LogP contribution in [0, 0.1) is 17.8 Å². The number of nitrogens with zero attached hydrogens (tertiary/aromatic N) is 1. The smallest absolute Gasteiger partial charge is 0.220 e. The summed E-state index contributed by atoms with van der Waals surface area (Å²) < 4.78 is 0. The zero-order valence-electron chi connectivity index (χ0n) is 13.5. The van der Waals surface area contributed by atoms with Crippen molar-refractivity contribution < 1.29 is 9.90 Å². The molecule has 2 rings (SSSR count). The summed E-state index contributed by atoms with van der Waals surface area (Å²) in [5, 5.41) is 12.3. The molecule has 1 atom stereocenters. The molecular formula is C17H24N2O2S. The maximum atomic E-state index is 11.4. The number of thiophene rings is 1. The number of hydrogen-bond donors (Lipinski definition) is 2. The highest BCUT2D eigenvalue weighted by Gasteiger charge is 2.24. The third-order valence-corrected chi connectivity index (χ3v) is 4.64. The highest BCUT2D eigenvalue weighted by Crippen LogP contribution is 2.24. The monoisotopic (exact) mass is 320 g/mol. The summed E-state index contributed by atoms with van der Waals surface area (Å²) in [6.07, 6.45) is 1.71. The Labute approximate surface area is 136 Å². The summed E-state index contributed by atoms with van der Waals surface area (Å²) in [7, 11) is 1.69. The van der Waals surface area contributed by atoms with E-state index in [1.165, 1.54) is 4.88 Å². The minimum absolute atomic E-state index is 0.132. The van der Waals surface area contributed by atoms with Gasteiger partial charge < -0.3 is 10.4 Å². The van der Waals surface area contributed by atoms with Crippen molar-refractivity contribution in [2.45, 2.75) is 38.8 Å². The molecule has 0 aromatic carbocycles. The predicted octanol–water partition coefficient (Wildman–Crippen LogP) is 1.83. The summed E-state index contributed by atoms with van der Waals surface area (Å²) in [6.45, 7) is 6.32. The lowest BCUT2D eigenvalue weighted by Gasteiger charge is -2.14. The third kappa shape index (κ3) is 5.45. The predicted molar refractivity (Wildman–Crippen MR) is 89.6 cm³/mol. The molecule has 0 saturated carbocycles. The molecule has 5 heteroatoms. The molecule has 22 heavy (non-hydrogen) atoms. The molecule has 1 amide bonds. The SMILES string of the molecule is CNC(=O)CC1CCN(Cc2ccc(C#CC(C)(C)O)s2)C1. The second-order valence-electron chi connectivity index (χ2n) is 6.34. The first-order valence-electron chi connectivity index (χ1n) is 7.63. The number of likely N-dealkylation sites (tertiary alicyclic amines) is 1. The van der Waals surface area contributed by atoms with Gasteiger partial charge in [-0.05, 0) is 44.9 Å². The summed E-state index contributed by atoms with van der Waals surface area (Å²) in [6, 6.07) is 4.11. The Bertz CT molecular complexity index is 577. The Morgan fingerprint density at radius 2 is 2.32 bits per heavy atom. The quantitative estimate of drug-likeness (QED) is 0.832. The van der Waals surface area contributed by atoms with Gasteiger partial charge in [0, 0.05) is 31.4 Å². The molecular weight excluding hydrogens is 296 g/mol. The van der Waals surface area contributed by atoms with E-state index in [0.717, 1.165) is 30.9 Å². The van der Waals surface area contributed by atoms with E-state index in [1.54, 1.807) is 32.2 Å². The van der Waals surface area contributed by atoms with Crippen LogP contribution >= 0.6 is 11.3 Å². The van der Waals surface area contributed by atoms with Gasteiger partial charge in [-0.2, -0.15) is 0 Å². The first-order valence-corrected chi connectivity index (χ1v) is 8.44. The average molecular weight is 320 g/mol. The van der Waals surface area contributed by atoms with E-state index < -0.39 is 5.60 Å². The number of carbonyl (C=O) groups excluding carboxylic acids is 1. The normalized spacial score (nSPS) is 18.8. The lowest BCUT2D eigenvalue weighted by molar-refractivity contribution is -0.121. The van der Waals surface area contributed by atoms with Gasteiger partial charge in [0.05, 0.1) is 4.88 Å². The maximum absolute atomic E-state index is 11.4. The van der Waals surface area contributed by atoms with Gasteiger partial charge in [-0.3, -0.25) is 9.69 Å². The second-order valence-corrected chi connectivity index (χ2v) is 7.51. The second kappa shape index (κ2) is 7.28. The highest BCUT2D eigenvalue weighted by atomic mass is 32.1. The third-order valence-electron chi connectivity index (χ3n) is 3.66. The lowest BCUT2D eigenvalue weighted by atomic mass is 10.1. The molecule has 1 unspecified atom stereocenters. The molecule has 120 valence electrons. The van der Waals surface area contributed by atoms with E-state index in [0.29, 0.717) is 12.3 Å². The van der Waals surface area contributed by atoms with E-state index in [-0.39, 0.29) is 5.91 Å². The fourth-order valence-electron chi connectivity index (χ4n) is 2.55. The van der Waals surface area contributed by atoms with Gasteiger partial charge in [-0.25, -0.2) is 0 Å². The van der Waals surface area contributed by atoms with E-state index in [1.807, 2.05) is 6.07 Å². The van der Waals surface area contributed by atoms with Crippen LogP contribution in [0.4, 0.5) is 0 Å². The van der Waals surface area contributed by atoms with Gasteiger partial charge in [0.1, 0.15) is 5.60 Å². The molecule has 0 spiro atoms. The van der Waals surface area contributed by atoms with Crippen LogP contribution in [-0.2, 0) is 11.3 Å². The molecule has 1 aliphatic rings. The topological polar surface area (TPSA) is 52.6 Å². The molecule has 4 nitrogen and oxygen atoms in total. The van der Waals surface area contributed by atoms with Crippen LogP contribution < -0.4 is 5.32 Å². The molecule has 0 bridgehead atoms. The van der Waals surface area contributed by atoms with Gasteiger partial charge in [-0.15, -0.1) is 11.3 Å². The van der Waals surface area contributed by atoms with Crippen molar-refractivity contribution in [2.75, 3.05) is 20.1 Å². The highest BCUT2D eigenvalue weighted by molar-refractivity contribution is 7.12. The Kier molecular flexibility index (Phi) is 5.63. The Morgan fingerprint density at radius 3 is 3.00 bits per heavy atom. The molecule has 1 aromatic heterocycles. The van der Waals surface area contributed by atoms with Crippen LogP contribution in [0.25, 0.3) is 0 Å². The summed E-state index contributed by atoms with van der Waals surface area (Å²) in [5.74, 6) is 6.46. The van der Waals surface area contributed by atoms with Crippen LogP contribution in [-0.4, -0.2) is 41.7 Å². The summed E-state index contributed by atoms with van der Waals surface area (Å²) >= 11 is 1.67. The first-order chi connectivity index (χ1) is 10.4. The number of aliphatic hydroxyl groups is 1. The lowest BCUT2D eigenvalue weighted by Crippen LogP contribution is -2.24. The minimum Gasteiger partial charge on any atom is -0.378 e. The van der Waals surface area contributed by atoms with Gasteiger partial charge in [0.15, 0.2) is 0 Å². The fourth-order valence-corrected chi connectivity index (χ4v) is 3.46. The number of carbonyl (C=O) groups is 1. The molecule has 0 radical (unpaired) electrons. The van der Waals surface area contributed by atoms with Crippen LogP contribution in [0.15, 0.2) is 12.1 Å². The fraction of sp³-hybridized carbons (Fsp3) is 0.588. The maximum Gasteiger partial charge on any atom is 0.220 e. The largest absolute Gasteiger partial charge is 0.378 e. The number of rotatable bonds is 4. The van der Waals surface area contributed by atoms with Gasteiger partial charge >= 0.3 is 0 Å². The first kappa shape index (κ1) is 17.0.